The van der Waals surface area contributed by atoms with Crippen LogP contribution in [0, 0.1) is 0 Å². The van der Waals surface area contributed by atoms with Crippen LogP contribution in [-0.4, -0.2) is 64.3 Å². The topological polar surface area (TPSA) is 128 Å². The molecule has 28 heavy (non-hydrogen) atoms. The van der Waals surface area contributed by atoms with Crippen molar-refractivity contribution in [1.29, 1.82) is 0 Å². The number of likely N-dealkylation sites (tertiary alicyclic amines) is 1. The van der Waals surface area contributed by atoms with E-state index in [2.05, 4.69) is 10.6 Å². The Bertz CT molecular complexity index is 715. The zero-order chi connectivity index (χ0) is 20.9. The van der Waals surface area contributed by atoms with Gasteiger partial charge in [0.1, 0.15) is 23.6 Å². The zero-order valence-electron chi connectivity index (χ0n) is 16.3. The van der Waals surface area contributed by atoms with E-state index in [1.54, 1.807) is 25.7 Å². The van der Waals surface area contributed by atoms with Crippen molar-refractivity contribution in [2.45, 2.75) is 45.3 Å². The van der Waals surface area contributed by atoms with Crippen LogP contribution in [0.4, 0.5) is 4.79 Å². The van der Waals surface area contributed by atoms with Crippen LogP contribution in [0.5, 0.6) is 11.5 Å². The van der Waals surface area contributed by atoms with Gasteiger partial charge in [0.25, 0.3) is 5.91 Å². The Hall–Kier alpha value is -2.97. The van der Waals surface area contributed by atoms with E-state index < -0.39 is 11.7 Å². The minimum atomic E-state index is -0.655. The lowest BCUT2D eigenvalue weighted by Gasteiger charge is -2.32. The number of phenolic OH excluding ortho intramolecular Hbond substituents is 2. The first-order valence-electron chi connectivity index (χ1n) is 9.12. The minimum Gasteiger partial charge on any atom is -0.508 e. The van der Waals surface area contributed by atoms with E-state index >= 15 is 0 Å². The third-order valence-corrected chi connectivity index (χ3v) is 4.09. The number of piperidine rings is 1. The van der Waals surface area contributed by atoms with Gasteiger partial charge in [-0.2, -0.15) is 0 Å². The molecule has 0 atom stereocenters. The smallest absolute Gasteiger partial charge is 0.408 e. The zero-order valence-corrected chi connectivity index (χ0v) is 16.3. The van der Waals surface area contributed by atoms with E-state index in [1.807, 2.05) is 0 Å². The lowest BCUT2D eigenvalue weighted by Crippen LogP contribution is -2.49. The van der Waals surface area contributed by atoms with Crippen molar-refractivity contribution in [2.24, 2.45) is 0 Å². The Morgan fingerprint density at radius 3 is 2.21 bits per heavy atom. The number of hydrogen-bond donors (Lipinski definition) is 4. The fourth-order valence-electron chi connectivity index (χ4n) is 2.87. The number of carbonyl (C=O) groups excluding carboxylic acids is 3. The average molecular weight is 393 g/mol. The van der Waals surface area contributed by atoms with Gasteiger partial charge >= 0.3 is 6.09 Å². The van der Waals surface area contributed by atoms with Crippen LogP contribution in [0.15, 0.2) is 18.2 Å². The Morgan fingerprint density at radius 2 is 1.68 bits per heavy atom. The number of carbonyl (C=O) groups is 3. The molecule has 0 unspecified atom stereocenters. The molecule has 0 radical (unpaired) electrons. The van der Waals surface area contributed by atoms with Crippen molar-refractivity contribution in [3.63, 3.8) is 0 Å². The van der Waals surface area contributed by atoms with E-state index in [4.69, 9.17) is 4.74 Å². The number of benzene rings is 1. The number of rotatable bonds is 4. The highest BCUT2D eigenvalue weighted by atomic mass is 16.6. The van der Waals surface area contributed by atoms with Crippen LogP contribution in [0.3, 0.4) is 0 Å². The average Bonchev–Trinajstić information content (AvgIpc) is 2.58. The SMILES string of the molecule is CC(C)(C)OC(=O)NCC(=O)NC1CCN(C(=O)c2cc(O)cc(O)c2)CC1. The number of hydrogen-bond acceptors (Lipinski definition) is 6. The molecule has 0 aromatic heterocycles. The molecule has 1 fully saturated rings. The van der Waals surface area contributed by atoms with E-state index in [0.717, 1.165) is 6.07 Å². The van der Waals surface area contributed by atoms with Crippen molar-refractivity contribution in [3.05, 3.63) is 23.8 Å². The number of ether oxygens (including phenoxy) is 1. The molecule has 4 N–H and O–H groups in total. The Balaban J connectivity index is 1.76. The molecular weight excluding hydrogens is 366 g/mol. The van der Waals surface area contributed by atoms with Gasteiger partial charge in [0.05, 0.1) is 0 Å². The Morgan fingerprint density at radius 1 is 1.11 bits per heavy atom. The summed E-state index contributed by atoms with van der Waals surface area (Å²) in [6.07, 6.45) is 0.473. The number of alkyl carbamates (subject to hydrolysis) is 1. The van der Waals surface area contributed by atoms with E-state index in [1.165, 1.54) is 12.1 Å². The summed E-state index contributed by atoms with van der Waals surface area (Å²) in [5.74, 6) is -0.970. The maximum absolute atomic E-state index is 12.5. The molecule has 3 amide bonds. The summed E-state index contributed by atoms with van der Waals surface area (Å²) in [6, 6.07) is 3.66. The minimum absolute atomic E-state index is 0.102. The third kappa shape index (κ3) is 6.64. The predicted molar refractivity (Wildman–Crippen MR) is 101 cm³/mol. The first kappa shape index (κ1) is 21.3. The van der Waals surface area contributed by atoms with Gasteiger partial charge in [-0.25, -0.2) is 4.79 Å². The molecule has 1 aliphatic rings. The van der Waals surface area contributed by atoms with Gasteiger partial charge < -0.3 is 30.5 Å². The number of nitrogens with one attached hydrogen (secondary N) is 2. The number of phenols is 2. The molecule has 1 aromatic carbocycles. The standard InChI is InChI=1S/C19H27N3O6/c1-19(2,3)28-18(27)20-11-16(25)21-13-4-6-22(7-5-13)17(26)12-8-14(23)10-15(24)9-12/h8-10,13,23-24H,4-7,11H2,1-3H3,(H,20,27)(H,21,25). The van der Waals surface area contributed by atoms with Gasteiger partial charge in [0, 0.05) is 30.8 Å². The van der Waals surface area contributed by atoms with Gasteiger partial charge in [0.15, 0.2) is 0 Å². The highest BCUT2D eigenvalue weighted by molar-refractivity contribution is 5.95. The van der Waals surface area contributed by atoms with Crippen molar-refractivity contribution >= 4 is 17.9 Å². The molecule has 1 aromatic rings. The molecule has 0 saturated carbocycles. The maximum Gasteiger partial charge on any atom is 0.408 e. The molecule has 0 aliphatic carbocycles. The Kier molecular flexibility index (Phi) is 6.71. The predicted octanol–water partition coefficient (Wildman–Crippen LogP) is 1.34. The van der Waals surface area contributed by atoms with Crippen LogP contribution in [0.25, 0.3) is 0 Å². The van der Waals surface area contributed by atoms with Crippen molar-refractivity contribution in [3.8, 4) is 11.5 Å². The van der Waals surface area contributed by atoms with Gasteiger partial charge in [0.2, 0.25) is 5.91 Å². The van der Waals surface area contributed by atoms with Gasteiger partial charge in [-0.1, -0.05) is 0 Å². The van der Waals surface area contributed by atoms with Gasteiger partial charge in [-0.05, 0) is 45.7 Å². The number of nitrogens with zero attached hydrogens (tertiary/aromatic N) is 1. The first-order valence-corrected chi connectivity index (χ1v) is 9.12. The van der Waals surface area contributed by atoms with Crippen molar-refractivity contribution in [1.82, 2.24) is 15.5 Å². The maximum atomic E-state index is 12.5. The molecule has 1 aliphatic heterocycles. The van der Waals surface area contributed by atoms with Gasteiger partial charge in [-0.3, -0.25) is 9.59 Å². The third-order valence-electron chi connectivity index (χ3n) is 4.09. The second kappa shape index (κ2) is 8.81. The second-order valence-corrected chi connectivity index (χ2v) is 7.73. The summed E-state index contributed by atoms with van der Waals surface area (Å²) >= 11 is 0. The summed E-state index contributed by atoms with van der Waals surface area (Å²) in [4.78, 5) is 37.6. The molecule has 1 heterocycles. The van der Waals surface area contributed by atoms with E-state index in [-0.39, 0.29) is 41.5 Å². The van der Waals surface area contributed by atoms with Crippen molar-refractivity contribution < 1.29 is 29.3 Å². The summed E-state index contributed by atoms with van der Waals surface area (Å²) in [7, 11) is 0. The van der Waals surface area contributed by atoms with Gasteiger partial charge in [-0.15, -0.1) is 0 Å². The van der Waals surface area contributed by atoms with Crippen LogP contribution < -0.4 is 10.6 Å². The fourth-order valence-corrected chi connectivity index (χ4v) is 2.87. The van der Waals surface area contributed by atoms with Crippen LogP contribution in [0.2, 0.25) is 0 Å². The second-order valence-electron chi connectivity index (χ2n) is 7.73. The largest absolute Gasteiger partial charge is 0.508 e. The van der Waals surface area contributed by atoms with Crippen LogP contribution >= 0.6 is 0 Å². The Labute approximate surface area is 163 Å². The normalized spacial score (nSPS) is 15.0. The van der Waals surface area contributed by atoms with Crippen molar-refractivity contribution in [2.75, 3.05) is 19.6 Å². The molecule has 9 heteroatoms. The highest BCUT2D eigenvalue weighted by Gasteiger charge is 2.25. The molecular formula is C19H27N3O6. The molecule has 0 spiro atoms. The lowest BCUT2D eigenvalue weighted by atomic mass is 10.0. The number of aromatic hydroxyl groups is 2. The van der Waals surface area contributed by atoms with E-state index in [9.17, 15) is 24.6 Å². The lowest BCUT2D eigenvalue weighted by molar-refractivity contribution is -0.121. The summed E-state index contributed by atoms with van der Waals surface area (Å²) in [5, 5.41) is 24.3. The highest BCUT2D eigenvalue weighted by Crippen LogP contribution is 2.22. The van der Waals surface area contributed by atoms with Crippen LogP contribution in [-0.2, 0) is 9.53 Å². The molecule has 1 saturated heterocycles. The molecule has 9 nitrogen and oxygen atoms in total. The number of amides is 3. The summed E-state index contributed by atoms with van der Waals surface area (Å²) in [6.45, 7) is 5.88. The molecule has 0 bridgehead atoms. The van der Waals surface area contributed by atoms with Crippen LogP contribution in [0.1, 0.15) is 44.0 Å². The summed E-state index contributed by atoms with van der Waals surface area (Å²) in [5.41, 5.74) is -0.423. The first-order chi connectivity index (χ1) is 13.0. The summed E-state index contributed by atoms with van der Waals surface area (Å²) < 4.78 is 5.07. The quantitative estimate of drug-likeness (QED) is 0.611. The molecule has 2 rings (SSSR count). The monoisotopic (exact) mass is 393 g/mol. The van der Waals surface area contributed by atoms with E-state index in [0.29, 0.717) is 25.9 Å². The fraction of sp³-hybridized carbons (Fsp3) is 0.526. The molecule has 154 valence electrons.